The predicted molar refractivity (Wildman–Crippen MR) is 106 cm³/mol. The summed E-state index contributed by atoms with van der Waals surface area (Å²) in [5.41, 5.74) is 1.94. The third-order valence-corrected chi connectivity index (χ3v) is 4.13. The van der Waals surface area contributed by atoms with Crippen LogP contribution in [0.15, 0.2) is 29.5 Å². The molecule has 0 saturated heterocycles. The van der Waals surface area contributed by atoms with E-state index < -0.39 is 12.0 Å². The summed E-state index contributed by atoms with van der Waals surface area (Å²) in [4.78, 5) is 12.6. The maximum Gasteiger partial charge on any atom is 0.338 e. The molecule has 0 bridgehead atoms. The number of carbonyl (C=O) groups is 1. The number of allylic oxidation sites excluding steroid dienone is 1. The van der Waals surface area contributed by atoms with Gasteiger partial charge in [0.1, 0.15) is 6.61 Å². The van der Waals surface area contributed by atoms with Gasteiger partial charge in [-0.15, -0.1) is 0 Å². The molecule has 2 N–H and O–H groups in total. The molecule has 0 aromatic heterocycles. The Morgan fingerprint density at radius 2 is 1.85 bits per heavy atom. The maximum absolute atomic E-state index is 12.6. The minimum absolute atomic E-state index is 0.177. The number of thiocarbonyl (C=S) groups is 1. The van der Waals surface area contributed by atoms with E-state index in [9.17, 15) is 4.79 Å². The van der Waals surface area contributed by atoms with Crippen LogP contribution in [0, 0.1) is 0 Å². The van der Waals surface area contributed by atoms with Gasteiger partial charge in [0.15, 0.2) is 16.6 Å². The fraction of sp³-hybridized carbons (Fsp3) is 0.474. The molecule has 0 saturated carbocycles. The van der Waals surface area contributed by atoms with Crippen LogP contribution in [0.25, 0.3) is 0 Å². The third-order valence-electron chi connectivity index (χ3n) is 3.91. The Morgan fingerprint density at radius 3 is 2.52 bits per heavy atom. The van der Waals surface area contributed by atoms with Crippen molar-refractivity contribution in [3.05, 3.63) is 35.0 Å². The largest absolute Gasteiger partial charge is 0.490 e. The molecular weight excluding hydrogens is 368 g/mol. The topological polar surface area (TPSA) is 78.1 Å². The summed E-state index contributed by atoms with van der Waals surface area (Å²) in [6.07, 6.45) is 0. The van der Waals surface area contributed by atoms with Crippen molar-refractivity contribution in [2.75, 3.05) is 33.5 Å². The summed E-state index contributed by atoms with van der Waals surface area (Å²) in [5.74, 6) is 0.848. The Bertz CT molecular complexity index is 720. The molecule has 7 nitrogen and oxygen atoms in total. The smallest absolute Gasteiger partial charge is 0.338 e. The molecule has 0 spiro atoms. The van der Waals surface area contributed by atoms with Crippen molar-refractivity contribution in [3.63, 3.8) is 0 Å². The van der Waals surface area contributed by atoms with Crippen molar-refractivity contribution in [1.82, 2.24) is 10.6 Å². The lowest BCUT2D eigenvalue weighted by Gasteiger charge is -2.30. The summed E-state index contributed by atoms with van der Waals surface area (Å²) in [6.45, 7) is 7.16. The second kappa shape index (κ2) is 10.1. The van der Waals surface area contributed by atoms with E-state index in [0.29, 0.717) is 47.7 Å². The van der Waals surface area contributed by atoms with Crippen LogP contribution in [0.5, 0.6) is 11.5 Å². The van der Waals surface area contributed by atoms with Crippen LogP contribution in [-0.4, -0.2) is 44.6 Å². The molecule has 0 aliphatic carbocycles. The standard InChI is InChI=1S/C19H26N2O5S/c1-5-24-14-8-7-13(11-15(14)25-6-2)17-16(12(3)20-19(27)21-17)18(22)26-10-9-23-4/h7-8,11,17H,5-6,9-10H2,1-4H3,(H2,20,21,27)/t17-/m1/s1. The van der Waals surface area contributed by atoms with Crippen LogP contribution in [0.4, 0.5) is 0 Å². The number of ether oxygens (including phenoxy) is 4. The van der Waals surface area contributed by atoms with Gasteiger partial charge in [0, 0.05) is 12.8 Å². The monoisotopic (exact) mass is 394 g/mol. The lowest BCUT2D eigenvalue weighted by atomic mass is 9.95. The number of rotatable bonds is 9. The highest BCUT2D eigenvalue weighted by atomic mass is 32.1. The van der Waals surface area contributed by atoms with E-state index in [2.05, 4.69) is 10.6 Å². The van der Waals surface area contributed by atoms with Crippen molar-refractivity contribution in [2.24, 2.45) is 0 Å². The summed E-state index contributed by atoms with van der Waals surface area (Å²) >= 11 is 5.27. The van der Waals surface area contributed by atoms with Gasteiger partial charge >= 0.3 is 5.97 Å². The molecule has 0 amide bonds. The molecule has 0 radical (unpaired) electrons. The van der Waals surface area contributed by atoms with Crippen LogP contribution >= 0.6 is 12.2 Å². The number of hydrogen-bond acceptors (Lipinski definition) is 6. The average Bonchev–Trinajstić information content (AvgIpc) is 2.63. The van der Waals surface area contributed by atoms with Crippen molar-refractivity contribution in [2.45, 2.75) is 26.8 Å². The van der Waals surface area contributed by atoms with Crippen LogP contribution in [0.1, 0.15) is 32.4 Å². The summed E-state index contributed by atoms with van der Waals surface area (Å²) in [6, 6.07) is 5.12. The molecule has 1 aliphatic rings. The number of methoxy groups -OCH3 is 1. The number of nitrogens with one attached hydrogen (secondary N) is 2. The maximum atomic E-state index is 12.6. The van der Waals surface area contributed by atoms with E-state index in [1.54, 1.807) is 14.0 Å². The van der Waals surface area contributed by atoms with E-state index in [0.717, 1.165) is 5.56 Å². The highest BCUT2D eigenvalue weighted by molar-refractivity contribution is 7.80. The molecular formula is C19H26N2O5S. The van der Waals surface area contributed by atoms with E-state index in [-0.39, 0.29) is 6.61 Å². The van der Waals surface area contributed by atoms with Gasteiger partial charge in [0.05, 0.1) is 31.4 Å². The first-order valence-electron chi connectivity index (χ1n) is 8.85. The number of hydrogen-bond donors (Lipinski definition) is 2. The lowest BCUT2D eigenvalue weighted by Crippen LogP contribution is -2.45. The number of benzene rings is 1. The molecule has 1 aromatic rings. The Labute approximate surface area is 165 Å². The fourth-order valence-corrected chi connectivity index (χ4v) is 3.03. The van der Waals surface area contributed by atoms with E-state index in [1.165, 1.54) is 0 Å². The molecule has 0 unspecified atom stereocenters. The van der Waals surface area contributed by atoms with Gasteiger partial charge in [-0.3, -0.25) is 0 Å². The van der Waals surface area contributed by atoms with Crippen LogP contribution < -0.4 is 20.1 Å². The van der Waals surface area contributed by atoms with Gasteiger partial charge in [0.2, 0.25) is 0 Å². The molecule has 1 aliphatic heterocycles. The van der Waals surface area contributed by atoms with Gasteiger partial charge in [-0.1, -0.05) is 6.07 Å². The van der Waals surface area contributed by atoms with E-state index in [1.807, 2.05) is 32.0 Å². The zero-order chi connectivity index (χ0) is 19.8. The second-order valence-electron chi connectivity index (χ2n) is 5.77. The molecule has 1 atom stereocenters. The number of carbonyl (C=O) groups excluding carboxylic acids is 1. The first-order chi connectivity index (χ1) is 13.0. The summed E-state index contributed by atoms with van der Waals surface area (Å²) in [5, 5.41) is 6.57. The lowest BCUT2D eigenvalue weighted by molar-refractivity contribution is -0.140. The minimum atomic E-state index is -0.455. The second-order valence-corrected chi connectivity index (χ2v) is 6.18. The predicted octanol–water partition coefficient (Wildman–Crippen LogP) is 2.47. The zero-order valence-electron chi connectivity index (χ0n) is 16.1. The Kier molecular flexibility index (Phi) is 7.87. The minimum Gasteiger partial charge on any atom is -0.490 e. The molecule has 0 fully saturated rings. The van der Waals surface area contributed by atoms with Crippen molar-refractivity contribution < 1.29 is 23.7 Å². The SMILES string of the molecule is CCOc1ccc([C@H]2NC(=S)NC(C)=C2C(=O)OCCOC)cc1OCC. The molecule has 148 valence electrons. The van der Waals surface area contributed by atoms with Crippen LogP contribution in [-0.2, 0) is 14.3 Å². The summed E-state index contributed by atoms with van der Waals surface area (Å²) in [7, 11) is 1.55. The molecule has 8 heteroatoms. The highest BCUT2D eigenvalue weighted by Gasteiger charge is 2.31. The average molecular weight is 394 g/mol. The Morgan fingerprint density at radius 1 is 1.15 bits per heavy atom. The number of esters is 1. The van der Waals surface area contributed by atoms with Gasteiger partial charge in [-0.2, -0.15) is 0 Å². The van der Waals surface area contributed by atoms with Gasteiger partial charge < -0.3 is 29.6 Å². The van der Waals surface area contributed by atoms with Gasteiger partial charge in [-0.25, -0.2) is 4.79 Å². The van der Waals surface area contributed by atoms with E-state index >= 15 is 0 Å². The molecule has 27 heavy (non-hydrogen) atoms. The zero-order valence-corrected chi connectivity index (χ0v) is 16.9. The Balaban J connectivity index is 2.37. The van der Waals surface area contributed by atoms with E-state index in [4.69, 9.17) is 31.2 Å². The van der Waals surface area contributed by atoms with Crippen LogP contribution in [0.3, 0.4) is 0 Å². The fourth-order valence-electron chi connectivity index (χ4n) is 2.76. The molecule has 2 rings (SSSR count). The van der Waals surface area contributed by atoms with Gasteiger partial charge in [-0.05, 0) is 50.7 Å². The first kappa shape index (κ1) is 21.0. The first-order valence-corrected chi connectivity index (χ1v) is 9.26. The molecule has 1 heterocycles. The summed E-state index contributed by atoms with van der Waals surface area (Å²) < 4.78 is 21.6. The Hall–Kier alpha value is -2.32. The third kappa shape index (κ3) is 5.33. The normalized spacial score (nSPS) is 16.4. The van der Waals surface area contributed by atoms with Crippen molar-refractivity contribution >= 4 is 23.3 Å². The van der Waals surface area contributed by atoms with Gasteiger partial charge in [0.25, 0.3) is 0 Å². The van der Waals surface area contributed by atoms with Crippen molar-refractivity contribution in [3.8, 4) is 11.5 Å². The van der Waals surface area contributed by atoms with Crippen molar-refractivity contribution in [1.29, 1.82) is 0 Å². The van der Waals surface area contributed by atoms with Crippen LogP contribution in [0.2, 0.25) is 0 Å². The highest BCUT2D eigenvalue weighted by Crippen LogP contribution is 2.34. The quantitative estimate of drug-likeness (QED) is 0.376. The molecule has 1 aromatic carbocycles.